The Kier molecular flexibility index (Phi) is 5.05. The number of nitrogens with two attached hydrogens (primary N) is 1. The van der Waals surface area contributed by atoms with Gasteiger partial charge in [0.15, 0.2) is 0 Å². The van der Waals surface area contributed by atoms with Gasteiger partial charge in [-0.1, -0.05) is 6.92 Å². The summed E-state index contributed by atoms with van der Waals surface area (Å²) < 4.78 is 18.7. The first kappa shape index (κ1) is 12.8. The fraction of sp³-hybridized carbons (Fsp3) is 0.500. The van der Waals surface area contributed by atoms with Crippen molar-refractivity contribution in [2.45, 2.75) is 13.1 Å². The Bertz CT molecular complexity index is 302. The molecule has 0 fully saturated rings. The summed E-state index contributed by atoms with van der Waals surface area (Å²) in [6.07, 6.45) is -0.970. The average Bonchev–Trinajstić information content (AvgIpc) is 2.28. The second-order valence-electron chi connectivity index (χ2n) is 3.83. The van der Waals surface area contributed by atoms with Gasteiger partial charge in [0, 0.05) is 12.2 Å². The van der Waals surface area contributed by atoms with Gasteiger partial charge in [0.2, 0.25) is 0 Å². The maximum atomic E-state index is 13.4. The molecule has 0 aliphatic heterocycles. The zero-order valence-corrected chi connectivity index (χ0v) is 9.82. The van der Waals surface area contributed by atoms with Gasteiger partial charge in [-0.25, -0.2) is 4.39 Å². The van der Waals surface area contributed by atoms with Crippen molar-refractivity contribution < 1.29 is 9.13 Å². The molecule has 0 radical (unpaired) electrons. The van der Waals surface area contributed by atoms with Crippen LogP contribution in [-0.4, -0.2) is 37.8 Å². The largest absolute Gasteiger partial charge is 0.491 e. The molecule has 0 amide bonds. The van der Waals surface area contributed by atoms with E-state index in [4.69, 9.17) is 10.5 Å². The molecule has 90 valence electrons. The molecule has 0 heterocycles. The third-order valence-corrected chi connectivity index (χ3v) is 2.36. The van der Waals surface area contributed by atoms with Crippen molar-refractivity contribution in [3.63, 3.8) is 0 Å². The van der Waals surface area contributed by atoms with E-state index in [1.54, 1.807) is 24.3 Å². The van der Waals surface area contributed by atoms with E-state index in [1.165, 1.54) is 0 Å². The Labute approximate surface area is 96.0 Å². The van der Waals surface area contributed by atoms with Gasteiger partial charge in [0.1, 0.15) is 18.5 Å². The molecule has 16 heavy (non-hydrogen) atoms. The quantitative estimate of drug-likeness (QED) is 0.753. The highest BCUT2D eigenvalue weighted by atomic mass is 19.1. The molecule has 1 rings (SSSR count). The van der Waals surface area contributed by atoms with Gasteiger partial charge >= 0.3 is 0 Å². The smallest absolute Gasteiger partial charge is 0.147 e. The lowest BCUT2D eigenvalue weighted by Crippen LogP contribution is -2.30. The molecular formula is C12H19FN2O. The molecular weight excluding hydrogens is 207 g/mol. The number of rotatable bonds is 6. The summed E-state index contributed by atoms with van der Waals surface area (Å²) in [5.41, 5.74) is 6.21. The number of anilines is 1. The van der Waals surface area contributed by atoms with E-state index in [0.29, 0.717) is 18.0 Å². The lowest BCUT2D eigenvalue weighted by atomic mass is 10.3. The van der Waals surface area contributed by atoms with Crippen LogP contribution in [0.5, 0.6) is 5.75 Å². The first-order valence-corrected chi connectivity index (χ1v) is 5.42. The van der Waals surface area contributed by atoms with Crippen molar-refractivity contribution in [3.05, 3.63) is 24.3 Å². The van der Waals surface area contributed by atoms with Gasteiger partial charge in [0.05, 0.1) is 0 Å². The topological polar surface area (TPSA) is 38.5 Å². The fourth-order valence-electron chi connectivity index (χ4n) is 1.27. The van der Waals surface area contributed by atoms with Crippen molar-refractivity contribution in [3.8, 4) is 5.75 Å². The molecule has 2 N–H and O–H groups in total. The number of hydrogen-bond donors (Lipinski definition) is 1. The summed E-state index contributed by atoms with van der Waals surface area (Å²) in [4.78, 5) is 1.91. The SMILES string of the molecule is CCN(C)CC(F)COc1ccc(N)cc1. The molecule has 0 saturated carbocycles. The minimum Gasteiger partial charge on any atom is -0.491 e. The maximum absolute atomic E-state index is 13.4. The first-order valence-electron chi connectivity index (χ1n) is 5.42. The van der Waals surface area contributed by atoms with Gasteiger partial charge < -0.3 is 15.4 Å². The molecule has 1 atom stereocenters. The van der Waals surface area contributed by atoms with Gasteiger partial charge in [-0.2, -0.15) is 0 Å². The van der Waals surface area contributed by atoms with E-state index in [9.17, 15) is 4.39 Å². The summed E-state index contributed by atoms with van der Waals surface area (Å²) in [5.74, 6) is 0.649. The highest BCUT2D eigenvalue weighted by Gasteiger charge is 2.09. The molecule has 1 aromatic rings. The van der Waals surface area contributed by atoms with Crippen LogP contribution in [0.1, 0.15) is 6.92 Å². The van der Waals surface area contributed by atoms with Crippen LogP contribution in [0.15, 0.2) is 24.3 Å². The van der Waals surface area contributed by atoms with E-state index >= 15 is 0 Å². The average molecular weight is 226 g/mol. The van der Waals surface area contributed by atoms with Crippen molar-refractivity contribution in [1.29, 1.82) is 0 Å². The number of ether oxygens (including phenoxy) is 1. The zero-order valence-electron chi connectivity index (χ0n) is 9.82. The standard InChI is InChI=1S/C12H19FN2O/c1-3-15(2)8-10(13)9-16-12-6-4-11(14)5-7-12/h4-7,10H,3,8-9,14H2,1-2H3. The zero-order chi connectivity index (χ0) is 12.0. The lowest BCUT2D eigenvalue weighted by Gasteiger charge is -2.17. The summed E-state index contributed by atoms with van der Waals surface area (Å²) in [6.45, 7) is 3.30. The summed E-state index contributed by atoms with van der Waals surface area (Å²) in [5, 5.41) is 0. The van der Waals surface area contributed by atoms with Crippen molar-refractivity contribution in [2.24, 2.45) is 0 Å². The monoisotopic (exact) mass is 226 g/mol. The number of nitrogen functional groups attached to an aromatic ring is 1. The van der Waals surface area contributed by atoms with Crippen LogP contribution in [0.4, 0.5) is 10.1 Å². The van der Waals surface area contributed by atoms with Crippen LogP contribution in [0.3, 0.4) is 0 Å². The molecule has 0 saturated heterocycles. The van der Waals surface area contributed by atoms with Crippen molar-refractivity contribution >= 4 is 5.69 Å². The molecule has 4 heteroatoms. The summed E-state index contributed by atoms with van der Waals surface area (Å²) in [6, 6.07) is 6.96. The Hall–Kier alpha value is -1.29. The van der Waals surface area contributed by atoms with Crippen LogP contribution in [-0.2, 0) is 0 Å². The highest BCUT2D eigenvalue weighted by Crippen LogP contribution is 2.13. The van der Waals surface area contributed by atoms with Gasteiger partial charge in [0.25, 0.3) is 0 Å². The second-order valence-corrected chi connectivity index (χ2v) is 3.83. The molecule has 3 nitrogen and oxygen atoms in total. The van der Waals surface area contributed by atoms with Crippen molar-refractivity contribution in [2.75, 3.05) is 32.5 Å². The van der Waals surface area contributed by atoms with Crippen LogP contribution in [0, 0.1) is 0 Å². The molecule has 0 aromatic heterocycles. The molecule has 0 spiro atoms. The predicted octanol–water partition coefficient (Wildman–Crippen LogP) is 1.94. The van der Waals surface area contributed by atoms with E-state index in [1.807, 2.05) is 18.9 Å². The number of alkyl halides is 1. The highest BCUT2D eigenvalue weighted by molar-refractivity contribution is 5.41. The third kappa shape index (κ3) is 4.49. The molecule has 1 aromatic carbocycles. The van der Waals surface area contributed by atoms with E-state index in [0.717, 1.165) is 6.54 Å². The van der Waals surface area contributed by atoms with Gasteiger partial charge in [-0.05, 0) is 37.9 Å². The Morgan fingerprint density at radius 2 is 2.00 bits per heavy atom. The second kappa shape index (κ2) is 6.33. The van der Waals surface area contributed by atoms with Crippen LogP contribution in [0.2, 0.25) is 0 Å². The maximum Gasteiger partial charge on any atom is 0.147 e. The van der Waals surface area contributed by atoms with Gasteiger partial charge in [-0.15, -0.1) is 0 Å². The van der Waals surface area contributed by atoms with Crippen LogP contribution in [0.25, 0.3) is 0 Å². The Balaban J connectivity index is 2.31. The van der Waals surface area contributed by atoms with E-state index in [-0.39, 0.29) is 6.61 Å². The van der Waals surface area contributed by atoms with Crippen LogP contribution < -0.4 is 10.5 Å². The lowest BCUT2D eigenvalue weighted by molar-refractivity contribution is 0.154. The minimum atomic E-state index is -0.970. The fourth-order valence-corrected chi connectivity index (χ4v) is 1.27. The minimum absolute atomic E-state index is 0.0776. The molecule has 0 bridgehead atoms. The van der Waals surface area contributed by atoms with E-state index in [2.05, 4.69) is 0 Å². The molecule has 0 aliphatic rings. The first-order chi connectivity index (χ1) is 7.61. The Morgan fingerprint density at radius 3 is 2.56 bits per heavy atom. The normalized spacial score (nSPS) is 12.8. The van der Waals surface area contributed by atoms with E-state index < -0.39 is 6.17 Å². The molecule has 0 aliphatic carbocycles. The predicted molar refractivity (Wildman–Crippen MR) is 64.4 cm³/mol. The number of benzene rings is 1. The number of nitrogens with zero attached hydrogens (tertiary/aromatic N) is 1. The number of halogens is 1. The third-order valence-electron chi connectivity index (χ3n) is 2.36. The molecule has 1 unspecified atom stereocenters. The summed E-state index contributed by atoms with van der Waals surface area (Å²) in [7, 11) is 1.88. The van der Waals surface area contributed by atoms with Crippen LogP contribution >= 0.6 is 0 Å². The van der Waals surface area contributed by atoms with Gasteiger partial charge in [-0.3, -0.25) is 0 Å². The summed E-state index contributed by atoms with van der Waals surface area (Å²) >= 11 is 0. The van der Waals surface area contributed by atoms with Crippen molar-refractivity contribution in [1.82, 2.24) is 4.90 Å². The number of hydrogen-bond acceptors (Lipinski definition) is 3. The Morgan fingerprint density at radius 1 is 1.38 bits per heavy atom.